The predicted molar refractivity (Wildman–Crippen MR) is 98.8 cm³/mol. The first kappa shape index (κ1) is 16.0. The van der Waals surface area contributed by atoms with Crippen LogP contribution in [-0.2, 0) is 17.8 Å². The van der Waals surface area contributed by atoms with Crippen molar-refractivity contribution < 1.29 is 4.79 Å². The molecule has 0 unspecified atom stereocenters. The minimum Gasteiger partial charge on any atom is -0.351 e. The SMILES string of the molecule is O=C(CCc1nc2ccccc2c(=O)n1C1CC1)NCc1cccs1. The Morgan fingerprint density at radius 1 is 1.24 bits per heavy atom. The molecule has 0 aliphatic heterocycles. The summed E-state index contributed by atoms with van der Waals surface area (Å²) in [5.41, 5.74) is 0.723. The number of hydrogen-bond acceptors (Lipinski definition) is 4. The van der Waals surface area contributed by atoms with Gasteiger partial charge in [-0.1, -0.05) is 18.2 Å². The van der Waals surface area contributed by atoms with Crippen molar-refractivity contribution in [1.82, 2.24) is 14.9 Å². The molecular formula is C19H19N3O2S. The Labute approximate surface area is 149 Å². The number of rotatable bonds is 6. The van der Waals surface area contributed by atoms with Gasteiger partial charge in [0, 0.05) is 23.8 Å². The van der Waals surface area contributed by atoms with Crippen LogP contribution in [0.15, 0.2) is 46.6 Å². The minimum absolute atomic E-state index is 0.0156. The summed E-state index contributed by atoms with van der Waals surface area (Å²) in [7, 11) is 0. The van der Waals surface area contributed by atoms with E-state index < -0.39 is 0 Å². The molecule has 1 aliphatic rings. The minimum atomic E-state index is -0.0156. The number of thiophene rings is 1. The highest BCUT2D eigenvalue weighted by Crippen LogP contribution is 2.34. The number of aryl methyl sites for hydroxylation is 1. The van der Waals surface area contributed by atoms with Crippen molar-refractivity contribution in [3.05, 3.63) is 62.8 Å². The van der Waals surface area contributed by atoms with Gasteiger partial charge in [-0.3, -0.25) is 14.2 Å². The fourth-order valence-corrected chi connectivity index (χ4v) is 3.63. The lowest BCUT2D eigenvalue weighted by molar-refractivity contribution is -0.121. The van der Waals surface area contributed by atoms with Gasteiger partial charge in [-0.15, -0.1) is 11.3 Å². The van der Waals surface area contributed by atoms with Crippen LogP contribution in [0.25, 0.3) is 10.9 Å². The number of aromatic nitrogens is 2. The van der Waals surface area contributed by atoms with Gasteiger partial charge in [0.25, 0.3) is 5.56 Å². The molecule has 5 nitrogen and oxygen atoms in total. The Balaban J connectivity index is 1.51. The van der Waals surface area contributed by atoms with Crippen molar-refractivity contribution in [2.45, 2.75) is 38.3 Å². The molecule has 1 N–H and O–H groups in total. The quantitative estimate of drug-likeness (QED) is 0.741. The molecule has 1 fully saturated rings. The molecule has 2 aromatic heterocycles. The third-order valence-corrected chi connectivity index (χ3v) is 5.28. The first-order chi connectivity index (χ1) is 12.2. The topological polar surface area (TPSA) is 64.0 Å². The zero-order valence-electron chi connectivity index (χ0n) is 13.8. The molecule has 0 saturated heterocycles. The molecule has 1 saturated carbocycles. The zero-order valence-corrected chi connectivity index (χ0v) is 14.6. The van der Waals surface area contributed by atoms with E-state index in [1.54, 1.807) is 15.9 Å². The molecule has 25 heavy (non-hydrogen) atoms. The molecule has 0 radical (unpaired) electrons. The van der Waals surface area contributed by atoms with E-state index in [9.17, 15) is 9.59 Å². The molecule has 1 aromatic carbocycles. The van der Waals surface area contributed by atoms with Gasteiger partial charge < -0.3 is 5.32 Å². The maximum absolute atomic E-state index is 12.8. The van der Waals surface area contributed by atoms with E-state index in [2.05, 4.69) is 10.3 Å². The molecule has 0 bridgehead atoms. The van der Waals surface area contributed by atoms with Gasteiger partial charge >= 0.3 is 0 Å². The fraction of sp³-hybridized carbons (Fsp3) is 0.316. The summed E-state index contributed by atoms with van der Waals surface area (Å²) in [6.07, 6.45) is 2.84. The molecule has 6 heteroatoms. The monoisotopic (exact) mass is 353 g/mol. The van der Waals surface area contributed by atoms with E-state index in [1.807, 2.05) is 41.8 Å². The Bertz CT molecular complexity index is 958. The van der Waals surface area contributed by atoms with Gasteiger partial charge in [0.2, 0.25) is 5.91 Å². The predicted octanol–water partition coefficient (Wildman–Crippen LogP) is 3.04. The van der Waals surface area contributed by atoms with Crippen molar-refractivity contribution in [1.29, 1.82) is 0 Å². The van der Waals surface area contributed by atoms with E-state index in [-0.39, 0.29) is 17.5 Å². The van der Waals surface area contributed by atoms with Gasteiger partial charge in [0.1, 0.15) is 5.82 Å². The highest BCUT2D eigenvalue weighted by molar-refractivity contribution is 7.09. The molecule has 0 atom stereocenters. The summed E-state index contributed by atoms with van der Waals surface area (Å²) in [5.74, 6) is 0.704. The third-order valence-electron chi connectivity index (χ3n) is 4.41. The van der Waals surface area contributed by atoms with Crippen LogP contribution in [0, 0.1) is 0 Å². The molecule has 128 valence electrons. The highest BCUT2D eigenvalue weighted by atomic mass is 32.1. The first-order valence-corrected chi connectivity index (χ1v) is 9.39. The molecule has 1 aliphatic carbocycles. The average molecular weight is 353 g/mol. The van der Waals surface area contributed by atoms with E-state index in [4.69, 9.17) is 0 Å². The summed E-state index contributed by atoms with van der Waals surface area (Å²) in [4.78, 5) is 30.7. The zero-order chi connectivity index (χ0) is 17.2. The van der Waals surface area contributed by atoms with Crippen LogP contribution in [0.5, 0.6) is 0 Å². The lowest BCUT2D eigenvalue weighted by atomic mass is 10.2. The normalized spacial score (nSPS) is 13.9. The third kappa shape index (κ3) is 3.49. The number of nitrogens with one attached hydrogen (secondary N) is 1. The molecule has 3 aromatic rings. The number of benzene rings is 1. The Hall–Kier alpha value is -2.47. The maximum atomic E-state index is 12.8. The lowest BCUT2D eigenvalue weighted by Gasteiger charge is -2.12. The van der Waals surface area contributed by atoms with E-state index in [1.165, 1.54) is 0 Å². The van der Waals surface area contributed by atoms with Crippen LogP contribution in [0.3, 0.4) is 0 Å². The van der Waals surface area contributed by atoms with Gasteiger partial charge in [-0.05, 0) is 36.4 Å². The first-order valence-electron chi connectivity index (χ1n) is 8.51. The maximum Gasteiger partial charge on any atom is 0.261 e. The second-order valence-corrected chi connectivity index (χ2v) is 7.34. The summed E-state index contributed by atoms with van der Waals surface area (Å²) in [5, 5.41) is 5.58. The number of amides is 1. The van der Waals surface area contributed by atoms with Crippen molar-refractivity contribution in [2.75, 3.05) is 0 Å². The number of carbonyl (C=O) groups is 1. The Morgan fingerprint density at radius 2 is 2.08 bits per heavy atom. The largest absolute Gasteiger partial charge is 0.351 e. The van der Waals surface area contributed by atoms with Gasteiger partial charge in [0.15, 0.2) is 0 Å². The fourth-order valence-electron chi connectivity index (χ4n) is 2.99. The summed E-state index contributed by atoms with van der Waals surface area (Å²) in [6.45, 7) is 0.553. The number of nitrogens with zero attached hydrogens (tertiary/aromatic N) is 2. The van der Waals surface area contributed by atoms with Crippen LogP contribution in [0.4, 0.5) is 0 Å². The Kier molecular flexibility index (Phi) is 4.36. The van der Waals surface area contributed by atoms with Crippen LogP contribution in [0.1, 0.15) is 36.0 Å². The van der Waals surface area contributed by atoms with Gasteiger partial charge in [-0.2, -0.15) is 0 Å². The average Bonchev–Trinajstić information content (AvgIpc) is 3.32. The van der Waals surface area contributed by atoms with Crippen LogP contribution in [0.2, 0.25) is 0 Å². The van der Waals surface area contributed by atoms with Crippen LogP contribution >= 0.6 is 11.3 Å². The summed E-state index contributed by atoms with van der Waals surface area (Å²) >= 11 is 1.62. The van der Waals surface area contributed by atoms with E-state index >= 15 is 0 Å². The second kappa shape index (κ2) is 6.80. The summed E-state index contributed by atoms with van der Waals surface area (Å²) in [6, 6.07) is 11.6. The molecular weight excluding hydrogens is 334 g/mol. The molecule has 4 rings (SSSR count). The van der Waals surface area contributed by atoms with Crippen molar-refractivity contribution >= 4 is 28.1 Å². The van der Waals surface area contributed by atoms with Crippen molar-refractivity contribution in [2.24, 2.45) is 0 Å². The number of hydrogen-bond donors (Lipinski definition) is 1. The molecule has 2 heterocycles. The lowest BCUT2D eigenvalue weighted by Crippen LogP contribution is -2.27. The van der Waals surface area contributed by atoms with E-state index in [0.717, 1.165) is 23.5 Å². The smallest absolute Gasteiger partial charge is 0.261 e. The van der Waals surface area contributed by atoms with Crippen molar-refractivity contribution in [3.8, 4) is 0 Å². The molecule has 1 amide bonds. The van der Waals surface area contributed by atoms with Gasteiger partial charge in [-0.25, -0.2) is 4.98 Å². The highest BCUT2D eigenvalue weighted by Gasteiger charge is 2.28. The van der Waals surface area contributed by atoms with Crippen molar-refractivity contribution in [3.63, 3.8) is 0 Å². The number of fused-ring (bicyclic) bond motifs is 1. The standard InChI is InChI=1S/C19H19N3O2S/c23-18(20-12-14-4-3-11-25-14)10-9-17-21-16-6-2-1-5-15(16)19(24)22(17)13-7-8-13/h1-6,11,13H,7-10,12H2,(H,20,23). The van der Waals surface area contributed by atoms with Gasteiger partial charge in [0.05, 0.1) is 17.4 Å². The molecule has 0 spiro atoms. The summed E-state index contributed by atoms with van der Waals surface area (Å²) < 4.78 is 1.80. The number of carbonyl (C=O) groups excluding carboxylic acids is 1. The van der Waals surface area contributed by atoms with Crippen LogP contribution < -0.4 is 10.9 Å². The second-order valence-electron chi connectivity index (χ2n) is 6.31. The van der Waals surface area contributed by atoms with E-state index in [0.29, 0.717) is 30.3 Å². The Morgan fingerprint density at radius 3 is 2.84 bits per heavy atom. The van der Waals surface area contributed by atoms with Crippen LogP contribution in [-0.4, -0.2) is 15.5 Å². The number of para-hydroxylation sites is 1.